The quantitative estimate of drug-likeness (QED) is 0.632. The lowest BCUT2D eigenvalue weighted by Gasteiger charge is -2.35. The third-order valence-electron chi connectivity index (χ3n) is 4.76. The third-order valence-corrected chi connectivity index (χ3v) is 5.17. The van der Waals surface area contributed by atoms with Crippen LogP contribution in [0.5, 0.6) is 5.75 Å². The molecule has 140 valence electrons. The number of piperidine rings is 1. The number of hydrogen-bond donors (Lipinski definition) is 1. The number of hydrogen-bond acceptors (Lipinski definition) is 5. The summed E-state index contributed by atoms with van der Waals surface area (Å²) < 4.78 is 5.30. The lowest BCUT2D eigenvalue weighted by molar-refractivity contribution is -0.128. The summed E-state index contributed by atoms with van der Waals surface area (Å²) in [4.78, 5) is 16.6. The fourth-order valence-corrected chi connectivity index (χ4v) is 3.13. The van der Waals surface area contributed by atoms with Gasteiger partial charge in [-0.15, -0.1) is 0 Å². The standard InChI is InChI=1S/C19H25ClN4O2/c1-13-9-17(18(26-4)10-16(13)20)22-12-14(11-21)19(25)24(3)15-5-7-23(2)8-6-15/h9-10,12,15,22H,5-8H2,1-4H3/b14-12-. The first-order valence-corrected chi connectivity index (χ1v) is 8.91. The molecule has 0 bridgehead atoms. The molecule has 1 amide bonds. The van der Waals surface area contributed by atoms with Crippen LogP contribution < -0.4 is 10.1 Å². The minimum atomic E-state index is -0.279. The number of rotatable bonds is 5. The highest BCUT2D eigenvalue weighted by Gasteiger charge is 2.26. The van der Waals surface area contributed by atoms with Gasteiger partial charge in [0.1, 0.15) is 17.4 Å². The van der Waals surface area contributed by atoms with Crippen LogP contribution >= 0.6 is 11.6 Å². The number of likely N-dealkylation sites (tertiary alicyclic amines) is 1. The number of nitrogens with one attached hydrogen (secondary N) is 1. The lowest BCUT2D eigenvalue weighted by atomic mass is 10.0. The van der Waals surface area contributed by atoms with Crippen LogP contribution in [0, 0.1) is 18.3 Å². The number of amides is 1. The van der Waals surface area contributed by atoms with Crippen molar-refractivity contribution < 1.29 is 9.53 Å². The predicted molar refractivity (Wildman–Crippen MR) is 103 cm³/mol. The molecule has 1 aliphatic heterocycles. The Morgan fingerprint density at radius 2 is 2.12 bits per heavy atom. The van der Waals surface area contributed by atoms with Crippen molar-refractivity contribution in [3.05, 3.63) is 34.5 Å². The van der Waals surface area contributed by atoms with E-state index in [0.29, 0.717) is 16.5 Å². The number of ether oxygens (including phenoxy) is 1. The largest absolute Gasteiger partial charge is 0.495 e. The van der Waals surface area contributed by atoms with Gasteiger partial charge in [0, 0.05) is 30.4 Å². The number of nitrogens with zero attached hydrogens (tertiary/aromatic N) is 3. The van der Waals surface area contributed by atoms with E-state index in [-0.39, 0.29) is 17.5 Å². The maximum atomic E-state index is 12.7. The average molecular weight is 377 g/mol. The van der Waals surface area contributed by atoms with E-state index in [1.54, 1.807) is 25.1 Å². The summed E-state index contributed by atoms with van der Waals surface area (Å²) in [5.41, 5.74) is 1.58. The SMILES string of the molecule is COc1cc(Cl)c(C)cc1N/C=C(/C#N)C(=O)N(C)C1CCN(C)CC1. The Labute approximate surface area is 160 Å². The number of likely N-dealkylation sites (N-methyl/N-ethyl adjacent to an activating group) is 1. The summed E-state index contributed by atoms with van der Waals surface area (Å²) >= 11 is 6.10. The highest BCUT2D eigenvalue weighted by molar-refractivity contribution is 6.31. The van der Waals surface area contributed by atoms with E-state index in [4.69, 9.17) is 16.3 Å². The van der Waals surface area contributed by atoms with Gasteiger partial charge in [-0.2, -0.15) is 5.26 Å². The molecule has 1 aromatic carbocycles. The van der Waals surface area contributed by atoms with Crippen molar-refractivity contribution in [3.63, 3.8) is 0 Å². The van der Waals surface area contributed by atoms with Crippen molar-refractivity contribution in [2.45, 2.75) is 25.8 Å². The Hall–Kier alpha value is -2.23. The highest BCUT2D eigenvalue weighted by atomic mass is 35.5. The summed E-state index contributed by atoms with van der Waals surface area (Å²) in [6, 6.07) is 5.67. The first kappa shape index (κ1) is 20.1. The molecule has 0 aliphatic carbocycles. The number of methoxy groups -OCH3 is 1. The van der Waals surface area contributed by atoms with Gasteiger partial charge < -0.3 is 19.9 Å². The molecule has 1 aliphatic rings. The Balaban J connectivity index is 2.14. The lowest BCUT2D eigenvalue weighted by Crippen LogP contribution is -2.44. The molecule has 1 aromatic rings. The second-order valence-corrected chi connectivity index (χ2v) is 6.97. The van der Waals surface area contributed by atoms with Crippen LogP contribution in [0.1, 0.15) is 18.4 Å². The van der Waals surface area contributed by atoms with Crippen molar-refractivity contribution in [2.75, 3.05) is 39.6 Å². The van der Waals surface area contributed by atoms with E-state index >= 15 is 0 Å². The second-order valence-electron chi connectivity index (χ2n) is 6.57. The van der Waals surface area contributed by atoms with E-state index in [9.17, 15) is 10.1 Å². The first-order valence-electron chi connectivity index (χ1n) is 8.54. The van der Waals surface area contributed by atoms with Gasteiger partial charge in [-0.25, -0.2) is 0 Å². The van der Waals surface area contributed by atoms with Crippen LogP contribution in [0.2, 0.25) is 5.02 Å². The minimum absolute atomic E-state index is 0.0566. The first-order chi connectivity index (χ1) is 12.4. The van der Waals surface area contributed by atoms with Gasteiger partial charge >= 0.3 is 0 Å². The molecular weight excluding hydrogens is 352 g/mol. The van der Waals surface area contributed by atoms with Gasteiger partial charge in [-0.3, -0.25) is 4.79 Å². The number of carbonyl (C=O) groups is 1. The Morgan fingerprint density at radius 1 is 1.46 bits per heavy atom. The number of halogens is 1. The Morgan fingerprint density at radius 3 is 2.69 bits per heavy atom. The summed E-state index contributed by atoms with van der Waals surface area (Å²) in [5, 5.41) is 13.0. The van der Waals surface area contributed by atoms with Crippen molar-refractivity contribution >= 4 is 23.2 Å². The summed E-state index contributed by atoms with van der Waals surface area (Å²) in [6.45, 7) is 3.78. The maximum absolute atomic E-state index is 12.7. The highest BCUT2D eigenvalue weighted by Crippen LogP contribution is 2.31. The number of nitriles is 1. The molecule has 0 unspecified atom stereocenters. The molecule has 0 spiro atoms. The molecule has 2 rings (SSSR count). The molecule has 0 radical (unpaired) electrons. The molecule has 1 fully saturated rings. The average Bonchev–Trinajstić information content (AvgIpc) is 2.64. The Kier molecular flexibility index (Phi) is 6.90. The fraction of sp³-hybridized carbons (Fsp3) is 0.474. The number of aryl methyl sites for hydroxylation is 1. The van der Waals surface area contributed by atoms with Crippen LogP contribution in [-0.4, -0.2) is 56.0 Å². The monoisotopic (exact) mass is 376 g/mol. The van der Waals surface area contributed by atoms with E-state index in [1.165, 1.54) is 6.20 Å². The van der Waals surface area contributed by atoms with Crippen LogP contribution in [0.3, 0.4) is 0 Å². The molecule has 1 N–H and O–H groups in total. The minimum Gasteiger partial charge on any atom is -0.495 e. The molecule has 6 nitrogen and oxygen atoms in total. The molecule has 0 aromatic heterocycles. The number of benzene rings is 1. The van der Waals surface area contributed by atoms with Gasteiger partial charge in [0.05, 0.1) is 12.8 Å². The zero-order chi connectivity index (χ0) is 19.3. The van der Waals surface area contributed by atoms with Gasteiger partial charge in [0.15, 0.2) is 0 Å². The van der Waals surface area contributed by atoms with Gasteiger partial charge in [-0.05, 0) is 51.5 Å². The normalized spacial score (nSPS) is 16.1. The van der Waals surface area contributed by atoms with Crippen LogP contribution in [0.25, 0.3) is 0 Å². The molecular formula is C19H25ClN4O2. The smallest absolute Gasteiger partial charge is 0.266 e. The Bertz CT molecular complexity index is 734. The predicted octanol–water partition coefficient (Wildman–Crippen LogP) is 3.03. The van der Waals surface area contributed by atoms with Crippen molar-refractivity contribution in [1.29, 1.82) is 5.26 Å². The molecule has 1 saturated heterocycles. The van der Waals surface area contributed by atoms with Gasteiger partial charge in [0.2, 0.25) is 0 Å². The molecule has 26 heavy (non-hydrogen) atoms. The summed E-state index contributed by atoms with van der Waals surface area (Å²) in [5.74, 6) is 0.268. The van der Waals surface area contributed by atoms with Crippen molar-refractivity contribution in [2.24, 2.45) is 0 Å². The molecule has 1 heterocycles. The third kappa shape index (κ3) is 4.69. The van der Waals surface area contributed by atoms with E-state index in [2.05, 4.69) is 17.3 Å². The molecule has 0 atom stereocenters. The van der Waals surface area contributed by atoms with Crippen LogP contribution in [-0.2, 0) is 4.79 Å². The fourth-order valence-electron chi connectivity index (χ4n) is 2.97. The van der Waals surface area contributed by atoms with Gasteiger partial charge in [0.25, 0.3) is 5.91 Å². The van der Waals surface area contributed by atoms with Crippen LogP contribution in [0.4, 0.5) is 5.69 Å². The van der Waals surface area contributed by atoms with Crippen molar-refractivity contribution in [1.82, 2.24) is 9.80 Å². The van der Waals surface area contributed by atoms with Crippen molar-refractivity contribution in [3.8, 4) is 11.8 Å². The van der Waals surface area contributed by atoms with Gasteiger partial charge in [-0.1, -0.05) is 11.6 Å². The number of carbonyl (C=O) groups excluding carboxylic acids is 1. The number of anilines is 1. The maximum Gasteiger partial charge on any atom is 0.266 e. The zero-order valence-electron chi connectivity index (χ0n) is 15.7. The van der Waals surface area contributed by atoms with E-state index in [1.807, 2.05) is 19.1 Å². The second kappa shape index (κ2) is 8.93. The van der Waals surface area contributed by atoms with E-state index < -0.39 is 0 Å². The molecule has 0 saturated carbocycles. The zero-order valence-corrected chi connectivity index (χ0v) is 16.4. The van der Waals surface area contributed by atoms with Crippen LogP contribution in [0.15, 0.2) is 23.9 Å². The summed E-state index contributed by atoms with van der Waals surface area (Å²) in [6.07, 6.45) is 3.25. The van der Waals surface area contributed by atoms with E-state index in [0.717, 1.165) is 31.5 Å². The topological polar surface area (TPSA) is 68.6 Å². The summed E-state index contributed by atoms with van der Waals surface area (Å²) in [7, 11) is 5.38. The molecule has 7 heteroatoms.